The average Bonchev–Trinajstić information content (AvgIpc) is 2.82. The first kappa shape index (κ1) is 28.5. The van der Waals surface area contributed by atoms with E-state index >= 15 is 0 Å². The second-order valence-corrected chi connectivity index (χ2v) is 11.7. The lowest BCUT2D eigenvalue weighted by Gasteiger charge is -2.40. The number of benzene rings is 2. The van der Waals surface area contributed by atoms with Crippen molar-refractivity contribution in [2.75, 3.05) is 18.5 Å². The van der Waals surface area contributed by atoms with Crippen LogP contribution in [-0.2, 0) is 27.0 Å². The van der Waals surface area contributed by atoms with E-state index in [-0.39, 0.29) is 30.6 Å². The number of nitrogens with one attached hydrogen (secondary N) is 1. The molecule has 3 rings (SSSR count). The molecule has 1 fully saturated rings. The van der Waals surface area contributed by atoms with Crippen LogP contribution < -0.4 is 10.2 Å². The van der Waals surface area contributed by atoms with Crippen molar-refractivity contribution in [3.8, 4) is 0 Å². The maximum atomic E-state index is 13.4. The summed E-state index contributed by atoms with van der Waals surface area (Å²) in [6.07, 6.45) is -9.74. The fraction of sp³-hybridized carbons (Fsp3) is 0.417. The SMILES string of the molecule is CNC(=O)c1cc(C(F)(F)F)ccc1N1CC[C@@H](C(C)(C)S(=O)(=O)c2cccc(C(F)(F)F)c2)CC1=O. The lowest BCUT2D eigenvalue weighted by Crippen LogP contribution is -2.49. The number of nitrogens with zero attached hydrogens (tertiary/aromatic N) is 1. The van der Waals surface area contributed by atoms with E-state index in [9.17, 15) is 44.3 Å². The van der Waals surface area contributed by atoms with Gasteiger partial charge in [-0.15, -0.1) is 0 Å². The highest BCUT2D eigenvalue weighted by Crippen LogP contribution is 2.41. The van der Waals surface area contributed by atoms with Gasteiger partial charge in [-0.1, -0.05) is 6.07 Å². The average molecular weight is 551 g/mol. The summed E-state index contributed by atoms with van der Waals surface area (Å²) in [5.74, 6) is -2.29. The molecule has 6 nitrogen and oxygen atoms in total. The van der Waals surface area contributed by atoms with Gasteiger partial charge >= 0.3 is 12.4 Å². The fourth-order valence-corrected chi connectivity index (χ4v) is 6.10. The highest BCUT2D eigenvalue weighted by atomic mass is 32.2. The van der Waals surface area contributed by atoms with Crippen LogP contribution in [0.5, 0.6) is 0 Å². The van der Waals surface area contributed by atoms with Gasteiger partial charge in [-0.3, -0.25) is 9.59 Å². The number of rotatable bonds is 5. The van der Waals surface area contributed by atoms with E-state index in [0.717, 1.165) is 35.2 Å². The van der Waals surface area contributed by atoms with Crippen LogP contribution in [0.15, 0.2) is 47.4 Å². The van der Waals surface area contributed by atoms with Gasteiger partial charge in [0.25, 0.3) is 5.91 Å². The van der Waals surface area contributed by atoms with Crippen LogP contribution in [-0.4, -0.2) is 38.6 Å². The Morgan fingerprint density at radius 3 is 2.11 bits per heavy atom. The molecule has 202 valence electrons. The van der Waals surface area contributed by atoms with Crippen molar-refractivity contribution in [3.63, 3.8) is 0 Å². The number of carbonyl (C=O) groups excluding carboxylic acids is 2. The van der Waals surface area contributed by atoms with E-state index in [1.54, 1.807) is 0 Å². The van der Waals surface area contributed by atoms with Crippen LogP contribution >= 0.6 is 0 Å². The molecular weight excluding hydrogens is 526 g/mol. The van der Waals surface area contributed by atoms with Crippen molar-refractivity contribution in [3.05, 3.63) is 59.2 Å². The van der Waals surface area contributed by atoms with Crippen molar-refractivity contribution < 1.29 is 44.3 Å². The normalized spacial score (nSPS) is 17.6. The Morgan fingerprint density at radius 1 is 0.973 bits per heavy atom. The van der Waals surface area contributed by atoms with Crippen molar-refractivity contribution in [1.29, 1.82) is 0 Å². The third-order valence-electron chi connectivity index (χ3n) is 6.66. The minimum atomic E-state index is -4.75. The molecule has 0 spiro atoms. The number of anilines is 1. The Balaban J connectivity index is 1.92. The fourth-order valence-electron chi connectivity index (χ4n) is 4.31. The first-order valence-corrected chi connectivity index (χ1v) is 12.5. The Kier molecular flexibility index (Phi) is 7.43. The summed E-state index contributed by atoms with van der Waals surface area (Å²) in [6, 6.07) is 5.73. The van der Waals surface area contributed by atoms with Crippen molar-refractivity contribution >= 4 is 27.3 Å². The molecule has 1 aliphatic heterocycles. The number of carbonyl (C=O) groups is 2. The maximum absolute atomic E-state index is 13.4. The number of piperidine rings is 1. The van der Waals surface area contributed by atoms with E-state index < -0.39 is 60.7 Å². The molecule has 2 aromatic carbocycles. The van der Waals surface area contributed by atoms with Gasteiger partial charge in [-0.2, -0.15) is 26.3 Å². The van der Waals surface area contributed by atoms with Gasteiger partial charge in [0.05, 0.1) is 32.0 Å². The van der Waals surface area contributed by atoms with Crippen molar-refractivity contribution in [1.82, 2.24) is 5.32 Å². The number of amides is 2. The summed E-state index contributed by atoms with van der Waals surface area (Å²) >= 11 is 0. The third kappa shape index (κ3) is 5.46. The monoisotopic (exact) mass is 550 g/mol. The van der Waals surface area contributed by atoms with E-state index in [0.29, 0.717) is 12.1 Å². The smallest absolute Gasteiger partial charge is 0.355 e. The summed E-state index contributed by atoms with van der Waals surface area (Å²) in [7, 11) is -3.11. The molecule has 1 heterocycles. The molecule has 37 heavy (non-hydrogen) atoms. The molecule has 0 aromatic heterocycles. The molecule has 13 heteroatoms. The van der Waals surface area contributed by atoms with Gasteiger partial charge in [-0.05, 0) is 62.6 Å². The quantitative estimate of drug-likeness (QED) is 0.527. The number of hydrogen-bond acceptors (Lipinski definition) is 4. The van der Waals surface area contributed by atoms with Crippen molar-refractivity contribution in [2.24, 2.45) is 5.92 Å². The number of hydrogen-bond donors (Lipinski definition) is 1. The maximum Gasteiger partial charge on any atom is 0.416 e. The molecule has 1 atom stereocenters. The predicted octanol–water partition coefficient (Wildman–Crippen LogP) is 5.08. The molecule has 2 aromatic rings. The Labute approximate surface area is 209 Å². The van der Waals surface area contributed by atoms with Gasteiger partial charge in [0.2, 0.25) is 5.91 Å². The summed E-state index contributed by atoms with van der Waals surface area (Å²) in [4.78, 5) is 26.0. The molecular formula is C24H24F6N2O4S. The minimum Gasteiger partial charge on any atom is -0.355 e. The minimum absolute atomic E-state index is 0.0608. The van der Waals surface area contributed by atoms with Crippen LogP contribution in [0.25, 0.3) is 0 Å². The Hall–Kier alpha value is -3.09. The summed E-state index contributed by atoms with van der Waals surface area (Å²) in [5, 5.41) is 2.24. The van der Waals surface area contributed by atoms with Gasteiger partial charge in [0.1, 0.15) is 0 Å². The van der Waals surface area contributed by atoms with E-state index in [1.807, 2.05) is 0 Å². The number of alkyl halides is 6. The second-order valence-electron chi connectivity index (χ2n) is 9.18. The Morgan fingerprint density at radius 2 is 1.57 bits per heavy atom. The molecule has 1 N–H and O–H groups in total. The molecule has 0 aliphatic carbocycles. The number of halogens is 6. The molecule has 1 aliphatic rings. The lowest BCUT2D eigenvalue weighted by molar-refractivity contribution is -0.138. The molecule has 2 amide bonds. The molecule has 0 saturated carbocycles. The van der Waals surface area contributed by atoms with Gasteiger partial charge in [0, 0.05) is 20.0 Å². The van der Waals surface area contributed by atoms with Crippen molar-refractivity contribution in [2.45, 2.75) is 48.7 Å². The zero-order chi connectivity index (χ0) is 28.0. The molecule has 0 bridgehead atoms. The van der Waals surface area contributed by atoms with Gasteiger partial charge in [0.15, 0.2) is 9.84 Å². The predicted molar refractivity (Wildman–Crippen MR) is 123 cm³/mol. The second kappa shape index (κ2) is 9.66. The largest absolute Gasteiger partial charge is 0.416 e. The van der Waals surface area contributed by atoms with Crippen LogP contribution in [0.3, 0.4) is 0 Å². The number of sulfone groups is 1. The highest BCUT2D eigenvalue weighted by Gasteiger charge is 2.47. The molecule has 0 unspecified atom stereocenters. The van der Waals surface area contributed by atoms with Gasteiger partial charge < -0.3 is 10.2 Å². The molecule has 0 radical (unpaired) electrons. The first-order chi connectivity index (χ1) is 16.9. The zero-order valence-electron chi connectivity index (χ0n) is 20.0. The van der Waals surface area contributed by atoms with E-state index in [4.69, 9.17) is 0 Å². The van der Waals surface area contributed by atoms with Crippen LogP contribution in [0.1, 0.15) is 48.2 Å². The van der Waals surface area contributed by atoms with Gasteiger partial charge in [-0.25, -0.2) is 8.42 Å². The lowest BCUT2D eigenvalue weighted by atomic mass is 9.85. The first-order valence-electron chi connectivity index (χ1n) is 11.1. The third-order valence-corrected chi connectivity index (χ3v) is 9.25. The molecule has 1 saturated heterocycles. The van der Waals surface area contributed by atoms with E-state index in [2.05, 4.69) is 5.32 Å². The topological polar surface area (TPSA) is 83.6 Å². The summed E-state index contributed by atoms with van der Waals surface area (Å²) in [6.45, 7) is 2.54. The van der Waals surface area contributed by atoms with Crippen LogP contribution in [0.2, 0.25) is 0 Å². The standard InChI is InChI=1S/C24H24F6N2O4S/c1-22(2,37(35,36)17-6-4-5-15(11-17)23(25,26)27)14-9-10-32(20(33)13-14)19-8-7-16(24(28,29)30)12-18(19)21(34)31-3/h4-8,11-12,14H,9-10,13H2,1-3H3,(H,31,34)/t14-/m1/s1. The van der Waals surface area contributed by atoms with Crippen LogP contribution in [0.4, 0.5) is 32.0 Å². The van der Waals surface area contributed by atoms with Crippen LogP contribution in [0, 0.1) is 5.92 Å². The Bertz CT molecular complexity index is 1320. The summed E-state index contributed by atoms with van der Waals surface area (Å²) < 4.78 is 104. The highest BCUT2D eigenvalue weighted by molar-refractivity contribution is 7.92. The van der Waals surface area contributed by atoms with E-state index in [1.165, 1.54) is 20.9 Å². The zero-order valence-corrected chi connectivity index (χ0v) is 20.8. The summed E-state index contributed by atoms with van der Waals surface area (Å²) in [5.41, 5.74) is -2.64.